The number of carbonyl (C=O) groups is 8. The second-order valence-electron chi connectivity index (χ2n) is 11.3. The third-order valence-corrected chi connectivity index (χ3v) is 7.71. The average Bonchev–Trinajstić information content (AvgIpc) is 3.58. The third kappa shape index (κ3) is 11.9. The summed E-state index contributed by atoms with van der Waals surface area (Å²) in [6, 6.07) is -6.96. The van der Waals surface area contributed by atoms with E-state index in [1.54, 1.807) is 13.8 Å². The molecule has 0 aromatic carbocycles. The Morgan fingerprint density at radius 1 is 0.933 bits per heavy atom. The highest BCUT2D eigenvalue weighted by atomic mass is 32.2. The summed E-state index contributed by atoms with van der Waals surface area (Å²) in [5.41, 5.74) is 10.3. The lowest BCUT2D eigenvalue weighted by atomic mass is 10.0. The summed E-state index contributed by atoms with van der Waals surface area (Å²) < 4.78 is 33.2. The quantitative estimate of drug-likeness (QED) is 0.0726. The third-order valence-electron chi connectivity index (χ3n) is 6.96. The predicted molar refractivity (Wildman–Crippen MR) is 154 cm³/mol. The summed E-state index contributed by atoms with van der Waals surface area (Å²) in [5.74, 6) is -8.20. The highest BCUT2D eigenvalue weighted by Crippen LogP contribution is 2.20. The zero-order valence-electron chi connectivity index (χ0n) is 24.9. The van der Waals surface area contributed by atoms with E-state index in [0.717, 1.165) is 4.90 Å². The molecule has 0 aliphatic carbocycles. The van der Waals surface area contributed by atoms with Crippen molar-refractivity contribution in [2.24, 2.45) is 17.4 Å². The molecule has 2 aliphatic heterocycles. The Morgan fingerprint density at radius 3 is 2.11 bits per heavy atom. The zero-order valence-corrected chi connectivity index (χ0v) is 25.7. The fraction of sp³-hybridized carbons (Fsp3) is 0.680. The molecule has 2 fully saturated rings. The van der Waals surface area contributed by atoms with E-state index in [1.165, 1.54) is 0 Å². The van der Waals surface area contributed by atoms with Gasteiger partial charge in [0.2, 0.25) is 47.3 Å². The number of amides is 8. The van der Waals surface area contributed by atoms with Gasteiger partial charge in [-0.1, -0.05) is 13.8 Å². The molecular weight excluding hydrogens is 620 g/mol. The van der Waals surface area contributed by atoms with Gasteiger partial charge in [0.1, 0.15) is 36.0 Å². The van der Waals surface area contributed by atoms with Crippen LogP contribution in [0, 0.1) is 5.92 Å². The van der Waals surface area contributed by atoms with Crippen LogP contribution in [-0.4, -0.2) is 114 Å². The van der Waals surface area contributed by atoms with Gasteiger partial charge < -0.3 is 43.0 Å². The van der Waals surface area contributed by atoms with Gasteiger partial charge in [0, 0.05) is 13.0 Å². The van der Waals surface area contributed by atoms with Crippen LogP contribution in [0.25, 0.3) is 0 Å². The number of carbonyl (C=O) groups excluding carboxylic acids is 8. The first-order chi connectivity index (χ1) is 20.9. The van der Waals surface area contributed by atoms with Crippen molar-refractivity contribution in [1.29, 1.82) is 0 Å². The molecule has 0 aromatic heterocycles. The maximum Gasteiger partial charge on any atom is 0.267 e. The van der Waals surface area contributed by atoms with Crippen LogP contribution in [0.2, 0.25) is 0 Å². The smallest absolute Gasteiger partial charge is 0.267 e. The number of nitrogens with two attached hydrogens (primary N) is 2. The van der Waals surface area contributed by atoms with Crippen molar-refractivity contribution in [3.05, 3.63) is 0 Å². The summed E-state index contributed by atoms with van der Waals surface area (Å²) in [6.07, 6.45) is -0.0363. The topological polar surface area (TPSA) is 306 Å². The molecule has 2 saturated heterocycles. The first-order valence-corrected chi connectivity index (χ1v) is 15.8. The molecule has 252 valence electrons. The van der Waals surface area contributed by atoms with Crippen LogP contribution < -0.4 is 38.1 Å². The van der Waals surface area contributed by atoms with E-state index in [1.807, 2.05) is 0 Å². The van der Waals surface area contributed by atoms with Gasteiger partial charge in [0.05, 0.1) is 13.0 Å². The van der Waals surface area contributed by atoms with Crippen LogP contribution in [0.1, 0.15) is 52.4 Å². The molecule has 45 heavy (non-hydrogen) atoms. The van der Waals surface area contributed by atoms with Crippen molar-refractivity contribution in [2.75, 3.05) is 18.8 Å². The van der Waals surface area contributed by atoms with Crippen molar-refractivity contribution < 1.29 is 51.3 Å². The van der Waals surface area contributed by atoms with Gasteiger partial charge in [-0.25, -0.2) is 0 Å². The van der Waals surface area contributed by atoms with Crippen LogP contribution in [0.3, 0.4) is 0 Å². The van der Waals surface area contributed by atoms with Gasteiger partial charge in [-0.2, -0.15) is 8.42 Å². The van der Waals surface area contributed by atoms with Crippen molar-refractivity contribution >= 4 is 57.4 Å². The molecule has 0 spiro atoms. The Kier molecular flexibility index (Phi) is 13.2. The minimum atomic E-state index is -4.91. The summed E-state index contributed by atoms with van der Waals surface area (Å²) in [6.45, 7) is 3.04. The van der Waals surface area contributed by atoms with Gasteiger partial charge in [-0.05, 0) is 31.6 Å². The maximum absolute atomic E-state index is 13.6. The van der Waals surface area contributed by atoms with Crippen LogP contribution in [-0.2, 0) is 48.5 Å². The molecule has 10 N–H and O–H groups in total. The van der Waals surface area contributed by atoms with Gasteiger partial charge in [0.25, 0.3) is 10.1 Å². The number of likely N-dealkylation sites (tertiary alicyclic amines) is 1. The van der Waals surface area contributed by atoms with E-state index in [9.17, 15) is 51.3 Å². The van der Waals surface area contributed by atoms with Crippen LogP contribution in [0.4, 0.5) is 0 Å². The van der Waals surface area contributed by atoms with Gasteiger partial charge in [-0.15, -0.1) is 0 Å². The number of primary amides is 2. The SMILES string of the molecule is CC(C)C[C@H](NC(=O)[C@@H]1CCCN1C(=O)[C@H](CS(=O)(=O)O)NC(=O)[C@H](CC(N)=O)NC(=O)[C@@H]1CCC(=O)N1)C(=O)NCC(N)=O. The second-order valence-corrected chi connectivity index (χ2v) is 12.8. The molecule has 8 amide bonds. The second kappa shape index (κ2) is 16.1. The summed E-state index contributed by atoms with van der Waals surface area (Å²) in [5, 5.41) is 11.6. The number of nitrogens with one attached hydrogen (secondary N) is 5. The van der Waals surface area contributed by atoms with Crippen molar-refractivity contribution in [2.45, 2.75) is 82.6 Å². The van der Waals surface area contributed by atoms with Gasteiger partial charge in [0.15, 0.2) is 0 Å². The molecule has 0 unspecified atom stereocenters. The largest absolute Gasteiger partial charge is 0.370 e. The Morgan fingerprint density at radius 2 is 1.58 bits per heavy atom. The standard InChI is InChI=1S/C25H40N8O11S/c1-12(2)8-14(21(37)28-10-19(27)35)31-24(40)17-4-3-7-33(17)25(41)16(11-45(42,43)44)32-23(39)15(9-18(26)34)30-22(38)13-5-6-20(36)29-13/h12-17H,3-11H2,1-2H3,(H2,26,34)(H2,27,35)(H,28,37)(H,29,36)(H,30,38)(H,31,40)(H,32,39)(H,42,43,44)/t13-,14-,15-,16-,17-/m0/s1. The molecule has 5 atom stereocenters. The minimum Gasteiger partial charge on any atom is -0.370 e. The molecule has 0 bridgehead atoms. The van der Waals surface area contributed by atoms with E-state index in [2.05, 4.69) is 26.6 Å². The van der Waals surface area contributed by atoms with Gasteiger partial charge in [-0.3, -0.25) is 42.9 Å². The van der Waals surface area contributed by atoms with E-state index in [0.29, 0.717) is 0 Å². The minimum absolute atomic E-state index is 0.0521. The fourth-order valence-corrected chi connectivity index (χ4v) is 5.57. The van der Waals surface area contributed by atoms with Crippen molar-refractivity contribution in [1.82, 2.24) is 31.5 Å². The van der Waals surface area contributed by atoms with Gasteiger partial charge >= 0.3 is 0 Å². The maximum atomic E-state index is 13.6. The van der Waals surface area contributed by atoms with Crippen LogP contribution >= 0.6 is 0 Å². The first-order valence-electron chi connectivity index (χ1n) is 14.2. The fourth-order valence-electron chi connectivity index (χ4n) is 4.92. The van der Waals surface area contributed by atoms with E-state index in [4.69, 9.17) is 11.5 Å². The Labute approximate surface area is 259 Å². The molecule has 2 heterocycles. The highest BCUT2D eigenvalue weighted by molar-refractivity contribution is 7.85. The first kappa shape index (κ1) is 36.9. The van der Waals surface area contributed by atoms with Crippen molar-refractivity contribution in [3.8, 4) is 0 Å². The lowest BCUT2D eigenvalue weighted by molar-refractivity contribution is -0.142. The summed E-state index contributed by atoms with van der Waals surface area (Å²) >= 11 is 0. The summed E-state index contributed by atoms with van der Waals surface area (Å²) in [4.78, 5) is 100. The monoisotopic (exact) mass is 660 g/mol. The molecule has 0 radical (unpaired) electrons. The predicted octanol–water partition coefficient (Wildman–Crippen LogP) is -4.88. The normalized spacial score (nSPS) is 20.0. The van der Waals surface area contributed by atoms with Crippen LogP contribution in [0.15, 0.2) is 0 Å². The molecular formula is C25H40N8O11S. The number of hydrogen-bond donors (Lipinski definition) is 8. The molecule has 2 rings (SSSR count). The Hall–Kier alpha value is -4.33. The average molecular weight is 661 g/mol. The molecule has 0 saturated carbocycles. The van der Waals surface area contributed by atoms with E-state index in [-0.39, 0.29) is 44.6 Å². The highest BCUT2D eigenvalue weighted by Gasteiger charge is 2.41. The molecule has 2 aliphatic rings. The zero-order chi connectivity index (χ0) is 34.1. The van der Waals surface area contributed by atoms with E-state index >= 15 is 0 Å². The lowest BCUT2D eigenvalue weighted by Gasteiger charge is -2.30. The number of rotatable bonds is 16. The molecule has 19 nitrogen and oxygen atoms in total. The van der Waals surface area contributed by atoms with Crippen LogP contribution in [0.5, 0.6) is 0 Å². The lowest BCUT2D eigenvalue weighted by Crippen LogP contribution is -2.60. The molecule has 0 aromatic rings. The Bertz CT molecular complexity index is 1310. The number of hydrogen-bond acceptors (Lipinski definition) is 10. The Balaban J connectivity index is 2.24. The van der Waals surface area contributed by atoms with Crippen molar-refractivity contribution in [3.63, 3.8) is 0 Å². The van der Waals surface area contributed by atoms with E-state index < -0.39 is 106 Å². The molecule has 20 heteroatoms. The number of nitrogens with zero attached hydrogens (tertiary/aromatic N) is 1. The summed E-state index contributed by atoms with van der Waals surface area (Å²) in [7, 11) is -4.91.